The number of carbonyl (C=O) groups is 2. The van der Waals surface area contributed by atoms with Crippen LogP contribution in [0.1, 0.15) is 30.2 Å². The Morgan fingerprint density at radius 1 is 1.10 bits per heavy atom. The van der Waals surface area contributed by atoms with Gasteiger partial charge in [0.1, 0.15) is 11.8 Å². The summed E-state index contributed by atoms with van der Waals surface area (Å²) in [6, 6.07) is 12.4. The molecule has 0 saturated heterocycles. The van der Waals surface area contributed by atoms with Crippen LogP contribution >= 0.6 is 27.5 Å². The standard InChI is InChI=1S/C23H20BrClN2O4/c1-13(23(30)26-17-7-4-15(5-8-17)14(2)28)27-12-21(31-3)19(11-22(27)29)18-10-16(25)6-9-20(18)24/h4-13H,1-3H3,(H,26,30). The van der Waals surface area contributed by atoms with Gasteiger partial charge in [-0.1, -0.05) is 27.5 Å². The van der Waals surface area contributed by atoms with Gasteiger partial charge in [-0.05, 0) is 56.3 Å². The maximum Gasteiger partial charge on any atom is 0.252 e. The molecule has 1 aromatic heterocycles. The second-order valence-electron chi connectivity index (χ2n) is 6.92. The Kier molecular flexibility index (Phi) is 6.97. The number of anilines is 1. The first-order valence-electron chi connectivity index (χ1n) is 9.38. The molecule has 6 nitrogen and oxygen atoms in total. The van der Waals surface area contributed by atoms with Crippen molar-refractivity contribution in [3.8, 4) is 16.9 Å². The molecule has 1 atom stereocenters. The number of Topliss-reactive ketones (excluding diaryl/α,β-unsaturated/α-hetero) is 1. The van der Waals surface area contributed by atoms with Gasteiger partial charge in [-0.2, -0.15) is 0 Å². The van der Waals surface area contributed by atoms with Crippen LogP contribution in [0, 0.1) is 0 Å². The van der Waals surface area contributed by atoms with Gasteiger partial charge in [0.15, 0.2) is 5.78 Å². The Labute approximate surface area is 192 Å². The summed E-state index contributed by atoms with van der Waals surface area (Å²) in [6.07, 6.45) is 1.51. The third-order valence-electron chi connectivity index (χ3n) is 4.84. The molecule has 0 aliphatic rings. The van der Waals surface area contributed by atoms with E-state index in [0.717, 1.165) is 4.47 Å². The van der Waals surface area contributed by atoms with Crippen molar-refractivity contribution in [3.05, 3.63) is 80.1 Å². The molecule has 1 amide bonds. The lowest BCUT2D eigenvalue weighted by molar-refractivity contribution is -0.118. The summed E-state index contributed by atoms with van der Waals surface area (Å²) in [5.41, 5.74) is 1.98. The third kappa shape index (κ3) is 5.06. The van der Waals surface area contributed by atoms with Crippen LogP contribution in [-0.4, -0.2) is 23.4 Å². The van der Waals surface area contributed by atoms with Crippen molar-refractivity contribution in [2.24, 2.45) is 0 Å². The SMILES string of the molecule is COc1cn(C(C)C(=O)Nc2ccc(C(C)=O)cc2)c(=O)cc1-c1cc(Cl)ccc1Br. The molecular formula is C23H20BrClN2O4. The quantitative estimate of drug-likeness (QED) is 0.461. The highest BCUT2D eigenvalue weighted by molar-refractivity contribution is 9.10. The van der Waals surface area contributed by atoms with Crippen molar-refractivity contribution >= 4 is 44.9 Å². The number of hydrogen-bond donors (Lipinski definition) is 1. The van der Waals surface area contributed by atoms with E-state index in [2.05, 4.69) is 21.2 Å². The number of nitrogens with zero attached hydrogens (tertiary/aromatic N) is 1. The molecule has 2 aromatic carbocycles. The second-order valence-corrected chi connectivity index (χ2v) is 8.21. The summed E-state index contributed by atoms with van der Waals surface area (Å²) >= 11 is 9.58. The number of ether oxygens (including phenoxy) is 1. The van der Waals surface area contributed by atoms with Gasteiger partial charge in [-0.15, -0.1) is 0 Å². The highest BCUT2D eigenvalue weighted by Crippen LogP contribution is 2.36. The Balaban J connectivity index is 1.91. The minimum Gasteiger partial charge on any atom is -0.495 e. The van der Waals surface area contributed by atoms with Crippen molar-refractivity contribution < 1.29 is 14.3 Å². The second kappa shape index (κ2) is 9.49. The summed E-state index contributed by atoms with van der Waals surface area (Å²) in [4.78, 5) is 37.0. The zero-order valence-electron chi connectivity index (χ0n) is 17.1. The minimum absolute atomic E-state index is 0.0590. The predicted octanol–water partition coefficient (Wildman–Crippen LogP) is 5.34. The van der Waals surface area contributed by atoms with Gasteiger partial charge in [-0.3, -0.25) is 19.0 Å². The van der Waals surface area contributed by atoms with Crippen LogP contribution in [-0.2, 0) is 4.79 Å². The lowest BCUT2D eigenvalue weighted by atomic mass is 10.1. The van der Waals surface area contributed by atoms with E-state index in [1.165, 1.54) is 30.9 Å². The first-order valence-corrected chi connectivity index (χ1v) is 10.6. The van der Waals surface area contributed by atoms with E-state index in [1.807, 2.05) is 0 Å². The number of amides is 1. The molecule has 3 rings (SSSR count). The molecule has 8 heteroatoms. The number of ketones is 1. The minimum atomic E-state index is -0.800. The molecule has 3 aromatic rings. The van der Waals surface area contributed by atoms with Gasteiger partial charge < -0.3 is 10.1 Å². The molecule has 1 N–H and O–H groups in total. The fourth-order valence-corrected chi connectivity index (χ4v) is 3.70. The molecule has 0 bridgehead atoms. The highest BCUT2D eigenvalue weighted by Gasteiger charge is 2.20. The highest BCUT2D eigenvalue weighted by atomic mass is 79.9. The normalized spacial score (nSPS) is 11.6. The molecular weight excluding hydrogens is 484 g/mol. The van der Waals surface area contributed by atoms with Crippen LogP contribution in [0.25, 0.3) is 11.1 Å². The van der Waals surface area contributed by atoms with E-state index in [1.54, 1.807) is 49.4 Å². The molecule has 0 radical (unpaired) electrons. The number of rotatable bonds is 6. The van der Waals surface area contributed by atoms with Gasteiger partial charge in [-0.25, -0.2) is 0 Å². The molecule has 1 heterocycles. The Morgan fingerprint density at radius 2 is 1.77 bits per heavy atom. The van der Waals surface area contributed by atoms with Crippen molar-refractivity contribution in [2.75, 3.05) is 12.4 Å². The summed E-state index contributed by atoms with van der Waals surface area (Å²) < 4.78 is 7.55. The van der Waals surface area contributed by atoms with E-state index >= 15 is 0 Å². The first-order chi connectivity index (χ1) is 14.7. The van der Waals surface area contributed by atoms with Crippen molar-refractivity contribution in [3.63, 3.8) is 0 Å². The summed E-state index contributed by atoms with van der Waals surface area (Å²) in [7, 11) is 1.49. The van der Waals surface area contributed by atoms with Crippen LogP contribution in [0.5, 0.6) is 5.75 Å². The maximum absolute atomic E-state index is 12.8. The molecule has 1 unspecified atom stereocenters. The van der Waals surface area contributed by atoms with Crippen molar-refractivity contribution in [1.29, 1.82) is 0 Å². The fourth-order valence-electron chi connectivity index (χ4n) is 3.07. The van der Waals surface area contributed by atoms with Crippen LogP contribution in [0.3, 0.4) is 0 Å². The first kappa shape index (κ1) is 22.8. The van der Waals surface area contributed by atoms with Gasteiger partial charge >= 0.3 is 0 Å². The number of halogens is 2. The van der Waals surface area contributed by atoms with E-state index in [9.17, 15) is 14.4 Å². The number of nitrogens with one attached hydrogen (secondary N) is 1. The number of aromatic nitrogens is 1. The maximum atomic E-state index is 12.8. The molecule has 160 valence electrons. The third-order valence-corrected chi connectivity index (χ3v) is 5.76. The fraction of sp³-hybridized carbons (Fsp3) is 0.174. The van der Waals surface area contributed by atoms with Crippen molar-refractivity contribution in [2.45, 2.75) is 19.9 Å². The molecule has 31 heavy (non-hydrogen) atoms. The Hall–Kier alpha value is -2.90. The molecule has 0 spiro atoms. The van der Waals surface area contributed by atoms with E-state index in [0.29, 0.717) is 33.1 Å². The van der Waals surface area contributed by atoms with Crippen molar-refractivity contribution in [1.82, 2.24) is 4.57 Å². The van der Waals surface area contributed by atoms with Gasteiger partial charge in [0.25, 0.3) is 5.56 Å². The summed E-state index contributed by atoms with van der Waals surface area (Å²) in [5, 5.41) is 3.28. The number of pyridine rings is 1. The Morgan fingerprint density at radius 3 is 2.39 bits per heavy atom. The predicted molar refractivity (Wildman–Crippen MR) is 125 cm³/mol. The lowest BCUT2D eigenvalue weighted by Gasteiger charge is -2.18. The van der Waals surface area contributed by atoms with Gasteiger partial charge in [0, 0.05) is 37.9 Å². The van der Waals surface area contributed by atoms with Crippen LogP contribution in [0.15, 0.2) is 64.0 Å². The topological polar surface area (TPSA) is 77.4 Å². The molecule has 0 saturated carbocycles. The number of benzene rings is 2. The summed E-state index contributed by atoms with van der Waals surface area (Å²) in [5.74, 6) is -0.0132. The smallest absolute Gasteiger partial charge is 0.252 e. The van der Waals surface area contributed by atoms with Crippen LogP contribution in [0.2, 0.25) is 5.02 Å². The lowest BCUT2D eigenvalue weighted by Crippen LogP contribution is -2.31. The number of carbonyl (C=O) groups excluding carboxylic acids is 2. The molecule has 0 aliphatic heterocycles. The molecule has 0 fully saturated rings. The Bertz CT molecular complexity index is 1210. The summed E-state index contributed by atoms with van der Waals surface area (Å²) in [6.45, 7) is 3.09. The van der Waals surface area contributed by atoms with E-state index < -0.39 is 6.04 Å². The van der Waals surface area contributed by atoms with Gasteiger partial charge in [0.05, 0.1) is 13.3 Å². The largest absolute Gasteiger partial charge is 0.495 e. The zero-order valence-corrected chi connectivity index (χ0v) is 19.5. The monoisotopic (exact) mass is 502 g/mol. The average Bonchev–Trinajstić information content (AvgIpc) is 2.75. The average molecular weight is 504 g/mol. The van der Waals surface area contributed by atoms with E-state index in [4.69, 9.17) is 16.3 Å². The number of methoxy groups -OCH3 is 1. The van der Waals surface area contributed by atoms with Crippen LogP contribution in [0.4, 0.5) is 5.69 Å². The number of hydrogen-bond acceptors (Lipinski definition) is 4. The van der Waals surface area contributed by atoms with E-state index in [-0.39, 0.29) is 17.2 Å². The van der Waals surface area contributed by atoms with Crippen LogP contribution < -0.4 is 15.6 Å². The molecule has 0 aliphatic carbocycles. The van der Waals surface area contributed by atoms with Gasteiger partial charge in [0.2, 0.25) is 5.91 Å². The zero-order chi connectivity index (χ0) is 22.7.